The minimum absolute atomic E-state index is 0.0162. The topological polar surface area (TPSA) is 47.6 Å². The zero-order valence-electron chi connectivity index (χ0n) is 12.6. The molecule has 0 fully saturated rings. The molecule has 0 bridgehead atoms. The highest BCUT2D eigenvalue weighted by Gasteiger charge is 2.07. The van der Waals surface area contributed by atoms with E-state index in [-0.39, 0.29) is 12.5 Å². The van der Waals surface area contributed by atoms with E-state index in [2.05, 4.69) is 21.2 Å². The highest BCUT2D eigenvalue weighted by atomic mass is 79.9. The van der Waals surface area contributed by atoms with Crippen LogP contribution < -0.4 is 14.8 Å². The summed E-state index contributed by atoms with van der Waals surface area (Å²) in [7, 11) is 1.61. The molecular formula is C17H18BrNO3. The Bertz CT molecular complexity index is 658. The molecule has 0 aliphatic heterocycles. The highest BCUT2D eigenvalue weighted by Crippen LogP contribution is 2.22. The van der Waals surface area contributed by atoms with Crippen LogP contribution in [-0.2, 0) is 11.3 Å². The average molecular weight is 364 g/mol. The van der Waals surface area contributed by atoms with E-state index in [0.29, 0.717) is 12.3 Å². The van der Waals surface area contributed by atoms with Gasteiger partial charge in [0.25, 0.3) is 5.91 Å². The molecule has 0 unspecified atom stereocenters. The second kappa shape index (κ2) is 7.84. The number of ether oxygens (including phenoxy) is 2. The van der Waals surface area contributed by atoms with Gasteiger partial charge in [0.05, 0.1) is 7.11 Å². The number of hydrogen-bond donors (Lipinski definition) is 1. The Hall–Kier alpha value is -2.01. The molecule has 0 radical (unpaired) electrons. The lowest BCUT2D eigenvalue weighted by molar-refractivity contribution is -0.123. The van der Waals surface area contributed by atoms with E-state index in [9.17, 15) is 4.79 Å². The fourth-order valence-corrected chi connectivity index (χ4v) is 2.49. The van der Waals surface area contributed by atoms with E-state index >= 15 is 0 Å². The minimum Gasteiger partial charge on any atom is -0.496 e. The molecule has 0 aromatic heterocycles. The van der Waals surface area contributed by atoms with E-state index in [1.54, 1.807) is 7.11 Å². The average Bonchev–Trinajstić information content (AvgIpc) is 2.52. The second-order valence-electron chi connectivity index (χ2n) is 4.79. The van der Waals surface area contributed by atoms with Crippen molar-refractivity contribution in [1.82, 2.24) is 5.32 Å². The summed E-state index contributed by atoms with van der Waals surface area (Å²) >= 11 is 3.39. The number of nitrogens with one attached hydrogen (secondary N) is 1. The van der Waals surface area contributed by atoms with E-state index < -0.39 is 0 Å². The van der Waals surface area contributed by atoms with Crippen LogP contribution in [0.2, 0.25) is 0 Å². The first-order valence-electron chi connectivity index (χ1n) is 6.87. The van der Waals surface area contributed by atoms with Gasteiger partial charge in [-0.25, -0.2) is 0 Å². The Balaban J connectivity index is 1.85. The third-order valence-corrected chi connectivity index (χ3v) is 3.66. The molecule has 0 saturated heterocycles. The van der Waals surface area contributed by atoms with Gasteiger partial charge in [0.15, 0.2) is 6.61 Å². The van der Waals surface area contributed by atoms with Crippen molar-refractivity contribution in [2.75, 3.05) is 13.7 Å². The van der Waals surface area contributed by atoms with Gasteiger partial charge in [-0.1, -0.05) is 34.1 Å². The third-order valence-electron chi connectivity index (χ3n) is 3.16. The summed E-state index contributed by atoms with van der Waals surface area (Å²) in [6, 6.07) is 13.3. The number of benzene rings is 2. The van der Waals surface area contributed by atoms with E-state index in [4.69, 9.17) is 9.47 Å². The van der Waals surface area contributed by atoms with Crippen LogP contribution in [0.1, 0.15) is 11.1 Å². The summed E-state index contributed by atoms with van der Waals surface area (Å²) in [5.41, 5.74) is 1.91. The summed E-state index contributed by atoms with van der Waals surface area (Å²) in [6.07, 6.45) is 0. The van der Waals surface area contributed by atoms with Gasteiger partial charge in [-0.15, -0.1) is 0 Å². The van der Waals surface area contributed by atoms with Crippen molar-refractivity contribution in [3.8, 4) is 11.5 Å². The zero-order chi connectivity index (χ0) is 15.9. The van der Waals surface area contributed by atoms with Gasteiger partial charge in [0.2, 0.25) is 0 Å². The van der Waals surface area contributed by atoms with Gasteiger partial charge >= 0.3 is 0 Å². The molecule has 0 spiro atoms. The number of carbonyl (C=O) groups is 1. The Morgan fingerprint density at radius 2 is 1.95 bits per heavy atom. The summed E-state index contributed by atoms with van der Waals surface area (Å²) < 4.78 is 11.8. The number of amides is 1. The largest absolute Gasteiger partial charge is 0.496 e. The molecule has 0 heterocycles. The Morgan fingerprint density at radius 1 is 1.18 bits per heavy atom. The van der Waals surface area contributed by atoms with E-state index in [0.717, 1.165) is 21.3 Å². The van der Waals surface area contributed by atoms with Crippen molar-refractivity contribution in [2.45, 2.75) is 13.5 Å². The quantitative estimate of drug-likeness (QED) is 0.854. The molecule has 1 N–H and O–H groups in total. The molecule has 2 rings (SSSR count). The molecule has 0 atom stereocenters. The minimum atomic E-state index is -0.173. The first-order chi connectivity index (χ1) is 10.6. The number of hydrogen-bond acceptors (Lipinski definition) is 3. The lowest BCUT2D eigenvalue weighted by Crippen LogP contribution is -2.28. The fourth-order valence-electron chi connectivity index (χ4n) is 2.01. The van der Waals surface area contributed by atoms with E-state index in [1.165, 1.54) is 0 Å². The van der Waals surface area contributed by atoms with Crippen molar-refractivity contribution in [2.24, 2.45) is 0 Å². The first-order valence-corrected chi connectivity index (χ1v) is 7.67. The smallest absolute Gasteiger partial charge is 0.258 e. The predicted molar refractivity (Wildman–Crippen MR) is 89.2 cm³/mol. The Labute approximate surface area is 138 Å². The Kier molecular flexibility index (Phi) is 5.83. The maximum Gasteiger partial charge on any atom is 0.258 e. The summed E-state index contributed by atoms with van der Waals surface area (Å²) in [6.45, 7) is 2.33. The molecule has 2 aromatic carbocycles. The van der Waals surface area contributed by atoms with Crippen LogP contribution in [0.4, 0.5) is 0 Å². The summed E-state index contributed by atoms with van der Waals surface area (Å²) in [5.74, 6) is 1.29. The van der Waals surface area contributed by atoms with Gasteiger partial charge in [-0.05, 0) is 36.8 Å². The summed E-state index contributed by atoms with van der Waals surface area (Å²) in [4.78, 5) is 11.9. The molecule has 2 aromatic rings. The third kappa shape index (κ3) is 4.49. The van der Waals surface area contributed by atoms with Gasteiger partial charge in [0.1, 0.15) is 11.5 Å². The first kappa shape index (κ1) is 16.4. The van der Waals surface area contributed by atoms with Crippen molar-refractivity contribution in [1.29, 1.82) is 0 Å². The van der Waals surface area contributed by atoms with Crippen LogP contribution in [-0.4, -0.2) is 19.6 Å². The molecule has 22 heavy (non-hydrogen) atoms. The molecule has 0 saturated carbocycles. The number of methoxy groups -OCH3 is 1. The highest BCUT2D eigenvalue weighted by molar-refractivity contribution is 9.10. The fraction of sp³-hybridized carbons (Fsp3) is 0.235. The molecule has 1 amide bonds. The Morgan fingerprint density at radius 3 is 2.68 bits per heavy atom. The number of para-hydroxylation sites is 1. The lowest BCUT2D eigenvalue weighted by Gasteiger charge is -2.11. The zero-order valence-corrected chi connectivity index (χ0v) is 14.1. The molecule has 0 aliphatic carbocycles. The monoisotopic (exact) mass is 363 g/mol. The van der Waals surface area contributed by atoms with Gasteiger partial charge < -0.3 is 14.8 Å². The van der Waals surface area contributed by atoms with Crippen molar-refractivity contribution in [3.05, 3.63) is 58.1 Å². The number of carbonyl (C=O) groups excluding carboxylic acids is 1. The number of aryl methyl sites for hydroxylation is 1. The summed E-state index contributed by atoms with van der Waals surface area (Å²) in [5, 5.41) is 2.82. The molecular weight excluding hydrogens is 346 g/mol. The van der Waals surface area contributed by atoms with Gasteiger partial charge in [-0.3, -0.25) is 4.79 Å². The molecule has 116 valence electrons. The molecule has 5 heteroatoms. The standard InChI is InChI=1S/C17H18BrNO3/c1-12-9-14(18)7-8-15(12)22-11-17(20)19-10-13-5-3-4-6-16(13)21-2/h3-9H,10-11H2,1-2H3,(H,19,20). The second-order valence-corrected chi connectivity index (χ2v) is 5.70. The number of halogens is 1. The molecule has 4 nitrogen and oxygen atoms in total. The normalized spacial score (nSPS) is 10.1. The SMILES string of the molecule is COc1ccccc1CNC(=O)COc1ccc(Br)cc1C. The van der Waals surface area contributed by atoms with Gasteiger partial charge in [-0.2, -0.15) is 0 Å². The van der Waals surface area contributed by atoms with Crippen LogP contribution >= 0.6 is 15.9 Å². The molecule has 0 aliphatic rings. The van der Waals surface area contributed by atoms with Crippen molar-refractivity contribution in [3.63, 3.8) is 0 Å². The van der Waals surface area contributed by atoms with Crippen LogP contribution in [0.15, 0.2) is 46.9 Å². The van der Waals surface area contributed by atoms with Crippen LogP contribution in [0, 0.1) is 6.92 Å². The predicted octanol–water partition coefficient (Wildman–Crippen LogP) is 3.46. The number of rotatable bonds is 6. The maximum absolute atomic E-state index is 11.9. The van der Waals surface area contributed by atoms with Crippen LogP contribution in [0.3, 0.4) is 0 Å². The van der Waals surface area contributed by atoms with Crippen LogP contribution in [0.5, 0.6) is 11.5 Å². The van der Waals surface area contributed by atoms with E-state index in [1.807, 2.05) is 49.4 Å². The van der Waals surface area contributed by atoms with Gasteiger partial charge in [0, 0.05) is 16.6 Å². The van der Waals surface area contributed by atoms with Crippen LogP contribution in [0.25, 0.3) is 0 Å². The van der Waals surface area contributed by atoms with Crippen molar-refractivity contribution >= 4 is 21.8 Å². The lowest BCUT2D eigenvalue weighted by atomic mass is 10.2. The maximum atomic E-state index is 11.9. The van der Waals surface area contributed by atoms with Crippen molar-refractivity contribution < 1.29 is 14.3 Å².